The molecule has 1 aromatic rings. The lowest BCUT2D eigenvalue weighted by Crippen LogP contribution is -2.30. The summed E-state index contributed by atoms with van der Waals surface area (Å²) in [6.07, 6.45) is 5.71. The first kappa shape index (κ1) is 24.6. The standard InChI is InChI=1S/C22H31FNO5P/c1-24(17-8-6-7-16(23)13-17)15-18(25)10-11-20-19(21(26)14-22(20)27)9-4-2-3-5-12-30(28)29/h2,4,6-8,13,18-20,22,25,27H,3,5,9-12,14-15H2,1H3/p+1/b4-2-/t18-,19-,20-,22-/m1/s1. The predicted molar refractivity (Wildman–Crippen MR) is 115 cm³/mol. The zero-order chi connectivity index (χ0) is 22.1. The molecule has 0 bridgehead atoms. The minimum atomic E-state index is -2.10. The van der Waals surface area contributed by atoms with Crippen LogP contribution in [-0.2, 0) is 9.36 Å². The molecule has 1 aliphatic rings. The summed E-state index contributed by atoms with van der Waals surface area (Å²) in [7, 11) is -0.317. The van der Waals surface area contributed by atoms with Crippen molar-refractivity contribution in [2.75, 3.05) is 24.7 Å². The molecule has 30 heavy (non-hydrogen) atoms. The van der Waals surface area contributed by atoms with Crippen molar-refractivity contribution in [3.63, 3.8) is 0 Å². The normalized spacial score (nSPS) is 23.2. The van der Waals surface area contributed by atoms with E-state index in [1.807, 2.05) is 12.2 Å². The van der Waals surface area contributed by atoms with Crippen LogP contribution in [0.2, 0.25) is 0 Å². The quantitative estimate of drug-likeness (QED) is 0.262. The summed E-state index contributed by atoms with van der Waals surface area (Å²) in [5.41, 5.74) is 0.680. The Morgan fingerprint density at radius 2 is 2.13 bits per heavy atom. The summed E-state index contributed by atoms with van der Waals surface area (Å²) in [6, 6.07) is 6.17. The van der Waals surface area contributed by atoms with Gasteiger partial charge >= 0.3 is 8.03 Å². The van der Waals surface area contributed by atoms with Gasteiger partial charge in [-0.1, -0.05) is 18.2 Å². The number of likely N-dealkylation sites (N-methyl/N-ethyl adjacent to an activating group) is 1. The van der Waals surface area contributed by atoms with E-state index < -0.39 is 20.2 Å². The summed E-state index contributed by atoms with van der Waals surface area (Å²) in [5, 5.41) is 20.7. The highest BCUT2D eigenvalue weighted by molar-refractivity contribution is 7.37. The fourth-order valence-electron chi connectivity index (χ4n) is 4.03. The van der Waals surface area contributed by atoms with E-state index in [-0.39, 0.29) is 36.0 Å². The van der Waals surface area contributed by atoms with Gasteiger partial charge in [0.1, 0.15) is 11.6 Å². The van der Waals surface area contributed by atoms with Gasteiger partial charge in [0.25, 0.3) is 0 Å². The van der Waals surface area contributed by atoms with Gasteiger partial charge in [-0.05, 0) is 60.8 Å². The first-order valence-electron chi connectivity index (χ1n) is 10.4. The number of nitrogens with zero attached hydrogens (tertiary/aromatic N) is 1. The van der Waals surface area contributed by atoms with Gasteiger partial charge in [0.2, 0.25) is 0 Å². The van der Waals surface area contributed by atoms with Gasteiger partial charge in [0.05, 0.1) is 12.2 Å². The number of benzene rings is 1. The second-order valence-corrected chi connectivity index (χ2v) is 9.18. The van der Waals surface area contributed by atoms with E-state index in [2.05, 4.69) is 0 Å². The number of hydrogen-bond acceptors (Lipinski definition) is 5. The predicted octanol–water partition coefficient (Wildman–Crippen LogP) is 3.43. The highest BCUT2D eigenvalue weighted by Gasteiger charge is 2.40. The smallest absolute Gasteiger partial charge is 0.392 e. The number of rotatable bonds is 12. The maximum absolute atomic E-state index is 13.4. The van der Waals surface area contributed by atoms with Crippen LogP contribution in [0.3, 0.4) is 0 Å². The third-order valence-electron chi connectivity index (χ3n) is 5.68. The number of carbonyl (C=O) groups excluding carboxylic acids is 1. The van der Waals surface area contributed by atoms with Gasteiger partial charge in [0.15, 0.2) is 6.16 Å². The Labute approximate surface area is 178 Å². The second-order valence-electron chi connectivity index (χ2n) is 8.02. The van der Waals surface area contributed by atoms with Crippen LogP contribution < -0.4 is 4.90 Å². The van der Waals surface area contributed by atoms with E-state index in [4.69, 9.17) is 4.89 Å². The lowest BCUT2D eigenvalue weighted by atomic mass is 9.86. The van der Waals surface area contributed by atoms with Gasteiger partial charge < -0.3 is 15.1 Å². The number of hydrogen-bond donors (Lipinski definition) is 3. The van der Waals surface area contributed by atoms with E-state index in [0.717, 1.165) is 0 Å². The van der Waals surface area contributed by atoms with Crippen LogP contribution in [0.15, 0.2) is 36.4 Å². The van der Waals surface area contributed by atoms with Crippen molar-refractivity contribution >= 4 is 19.5 Å². The lowest BCUT2D eigenvalue weighted by Gasteiger charge is -2.25. The number of ketones is 1. The molecule has 0 amide bonds. The van der Waals surface area contributed by atoms with Crippen molar-refractivity contribution in [1.82, 2.24) is 0 Å². The second kappa shape index (κ2) is 12.3. The molecule has 1 unspecified atom stereocenters. The number of carbonyl (C=O) groups is 1. The molecule has 2 rings (SSSR count). The molecule has 1 saturated carbocycles. The van der Waals surface area contributed by atoms with E-state index in [1.165, 1.54) is 12.1 Å². The zero-order valence-corrected chi connectivity index (χ0v) is 18.3. The molecule has 6 nitrogen and oxygen atoms in total. The SMILES string of the molecule is CN(C[C@H](O)CC[C@H]1[C@H](O)CC(=O)[C@@H]1C/C=C\CCC[P+](=O)O)c1cccc(F)c1. The first-order valence-corrected chi connectivity index (χ1v) is 11.8. The van der Waals surface area contributed by atoms with Crippen molar-refractivity contribution in [2.45, 2.75) is 50.7 Å². The summed E-state index contributed by atoms with van der Waals surface area (Å²) >= 11 is 0. The number of unbranched alkanes of at least 4 members (excludes halogenated alkanes) is 1. The monoisotopic (exact) mass is 440 g/mol. The molecule has 1 aromatic carbocycles. The minimum Gasteiger partial charge on any atom is -0.392 e. The number of aliphatic hydroxyl groups is 2. The molecular formula is C22H32FNO5P+. The Kier molecular flexibility index (Phi) is 10.1. The molecule has 0 radical (unpaired) electrons. The van der Waals surface area contributed by atoms with Gasteiger partial charge in [0, 0.05) is 31.6 Å². The Morgan fingerprint density at radius 3 is 2.83 bits per heavy atom. The van der Waals surface area contributed by atoms with Crippen LogP contribution in [-0.4, -0.2) is 52.9 Å². The molecule has 0 spiro atoms. The summed E-state index contributed by atoms with van der Waals surface area (Å²) in [6.45, 7) is 0.331. The lowest BCUT2D eigenvalue weighted by molar-refractivity contribution is -0.121. The fourth-order valence-corrected chi connectivity index (χ4v) is 4.49. The molecule has 0 aliphatic heterocycles. The summed E-state index contributed by atoms with van der Waals surface area (Å²) < 4.78 is 24.0. The van der Waals surface area contributed by atoms with E-state index in [1.54, 1.807) is 24.1 Å². The third-order valence-corrected chi connectivity index (χ3v) is 6.38. The van der Waals surface area contributed by atoms with E-state index in [9.17, 15) is 24.0 Å². The fraction of sp³-hybridized carbons (Fsp3) is 0.591. The largest absolute Gasteiger partial charge is 0.505 e. The van der Waals surface area contributed by atoms with E-state index in [0.29, 0.717) is 44.3 Å². The van der Waals surface area contributed by atoms with Crippen LogP contribution in [0.1, 0.15) is 38.5 Å². The Hall–Kier alpha value is -1.66. The summed E-state index contributed by atoms with van der Waals surface area (Å²) in [5.74, 6) is -0.744. The highest BCUT2D eigenvalue weighted by Crippen LogP contribution is 2.35. The molecule has 8 heteroatoms. The molecule has 3 N–H and O–H groups in total. The van der Waals surface area contributed by atoms with Crippen LogP contribution in [0.4, 0.5) is 10.1 Å². The number of halogens is 1. The Balaban J connectivity index is 1.81. The molecule has 5 atom stereocenters. The minimum absolute atomic E-state index is 0.0435. The maximum atomic E-state index is 13.4. The van der Waals surface area contributed by atoms with Crippen LogP contribution in [0.25, 0.3) is 0 Å². The van der Waals surface area contributed by atoms with Gasteiger partial charge in [-0.3, -0.25) is 4.79 Å². The zero-order valence-electron chi connectivity index (χ0n) is 17.4. The van der Waals surface area contributed by atoms with Gasteiger partial charge in [-0.2, -0.15) is 4.89 Å². The molecule has 1 fully saturated rings. The molecular weight excluding hydrogens is 408 g/mol. The molecule has 0 aromatic heterocycles. The molecule has 166 valence electrons. The number of Topliss-reactive ketones (excluding diaryl/α,β-unsaturated/α-hetero) is 1. The maximum Gasteiger partial charge on any atom is 0.505 e. The Morgan fingerprint density at radius 1 is 1.37 bits per heavy atom. The van der Waals surface area contributed by atoms with Crippen molar-refractivity contribution in [2.24, 2.45) is 11.8 Å². The van der Waals surface area contributed by atoms with Crippen LogP contribution >= 0.6 is 8.03 Å². The third kappa shape index (κ3) is 7.88. The molecule has 0 heterocycles. The molecule has 1 aliphatic carbocycles. The van der Waals surface area contributed by atoms with E-state index >= 15 is 0 Å². The summed E-state index contributed by atoms with van der Waals surface area (Å²) in [4.78, 5) is 22.8. The topological polar surface area (TPSA) is 98.1 Å². The molecule has 0 saturated heterocycles. The number of aliphatic hydroxyl groups excluding tert-OH is 2. The number of allylic oxidation sites excluding steroid dienone is 2. The van der Waals surface area contributed by atoms with Crippen molar-refractivity contribution in [3.05, 3.63) is 42.2 Å². The Bertz CT molecular complexity index is 744. The van der Waals surface area contributed by atoms with Crippen molar-refractivity contribution in [3.8, 4) is 0 Å². The first-order chi connectivity index (χ1) is 14.3. The van der Waals surface area contributed by atoms with Crippen molar-refractivity contribution in [1.29, 1.82) is 0 Å². The number of anilines is 1. The van der Waals surface area contributed by atoms with Gasteiger partial charge in [-0.15, -0.1) is 0 Å². The van der Waals surface area contributed by atoms with Gasteiger partial charge in [-0.25, -0.2) is 4.39 Å². The van der Waals surface area contributed by atoms with Crippen molar-refractivity contribution < 1.29 is 28.9 Å². The van der Waals surface area contributed by atoms with Crippen LogP contribution in [0.5, 0.6) is 0 Å². The highest BCUT2D eigenvalue weighted by atomic mass is 31.1. The van der Waals surface area contributed by atoms with Crippen LogP contribution in [0, 0.1) is 17.7 Å². The average molecular weight is 440 g/mol. The average Bonchev–Trinajstić information content (AvgIpc) is 2.95.